The zero-order valence-electron chi connectivity index (χ0n) is 10.9. The Morgan fingerprint density at radius 3 is 2.38 bits per heavy atom. The van der Waals surface area contributed by atoms with Crippen molar-refractivity contribution in [2.24, 2.45) is 0 Å². The van der Waals surface area contributed by atoms with E-state index >= 15 is 0 Å². The summed E-state index contributed by atoms with van der Waals surface area (Å²) in [6, 6.07) is 13.6. The highest BCUT2D eigenvalue weighted by Gasteiger charge is 2.32. The molecule has 0 heterocycles. The van der Waals surface area contributed by atoms with Gasteiger partial charge in [-0.1, -0.05) is 30.3 Å². The molecule has 0 saturated heterocycles. The van der Waals surface area contributed by atoms with Crippen LogP contribution in [0.2, 0.25) is 0 Å². The number of hydrogen-bond acceptors (Lipinski definition) is 4. The summed E-state index contributed by atoms with van der Waals surface area (Å²) < 4.78 is 17.2. The summed E-state index contributed by atoms with van der Waals surface area (Å²) in [4.78, 5) is 21.3. The Morgan fingerprint density at radius 1 is 1.14 bits per heavy atom. The summed E-state index contributed by atoms with van der Waals surface area (Å²) >= 11 is 0. The molecule has 2 atom stereocenters. The minimum absolute atomic E-state index is 0.0279. The van der Waals surface area contributed by atoms with E-state index in [4.69, 9.17) is 10.3 Å². The van der Waals surface area contributed by atoms with E-state index in [1.807, 2.05) is 0 Å². The van der Waals surface area contributed by atoms with Gasteiger partial charge in [0, 0.05) is 5.69 Å². The van der Waals surface area contributed by atoms with Gasteiger partial charge in [0.25, 0.3) is 0 Å². The maximum atomic E-state index is 12.2. The van der Waals surface area contributed by atoms with Crippen LogP contribution in [-0.4, -0.2) is 16.0 Å². The van der Waals surface area contributed by atoms with Crippen molar-refractivity contribution in [3.05, 3.63) is 60.2 Å². The lowest BCUT2D eigenvalue weighted by atomic mass is 10.1. The third-order valence-electron chi connectivity index (χ3n) is 2.77. The number of hydrogen-bond donors (Lipinski definition) is 3. The Hall–Kier alpha value is -2.14. The second-order valence-corrected chi connectivity index (χ2v) is 6.12. The van der Waals surface area contributed by atoms with Crippen LogP contribution in [0.15, 0.2) is 54.6 Å². The van der Waals surface area contributed by atoms with Gasteiger partial charge in [-0.2, -0.15) is 0 Å². The quantitative estimate of drug-likeness (QED) is 0.575. The van der Waals surface area contributed by atoms with Crippen LogP contribution in [0.25, 0.3) is 0 Å². The van der Waals surface area contributed by atoms with Gasteiger partial charge >= 0.3 is 13.6 Å². The minimum Gasteiger partial charge on any atom is -0.479 e. The van der Waals surface area contributed by atoms with Gasteiger partial charge in [0.05, 0.1) is 5.30 Å². The molecule has 2 aromatic carbocycles. The normalized spacial score (nSPS) is 15.1. The molecule has 2 rings (SSSR count). The second kappa shape index (κ2) is 6.10. The summed E-state index contributed by atoms with van der Waals surface area (Å²) in [5.74, 6) is -1.37. The number of carboxylic acids is 1. The lowest BCUT2D eigenvalue weighted by Crippen LogP contribution is -2.18. The smallest absolute Gasteiger partial charge is 0.359 e. The maximum absolute atomic E-state index is 12.2. The van der Waals surface area contributed by atoms with Gasteiger partial charge in [0.15, 0.2) is 6.10 Å². The molecule has 0 aliphatic heterocycles. The number of carbonyl (C=O) groups is 1. The monoisotopic (exact) mass is 307 g/mol. The van der Waals surface area contributed by atoms with Gasteiger partial charge in [-0.25, -0.2) is 4.79 Å². The number of rotatable bonds is 5. The SMILES string of the molecule is Nc1cccc(C(OP(=O)(O)c2ccccc2)C(=O)O)c1. The third kappa shape index (κ3) is 3.70. The van der Waals surface area contributed by atoms with Crippen LogP contribution >= 0.6 is 7.60 Å². The molecule has 0 bridgehead atoms. The first-order chi connectivity index (χ1) is 9.90. The number of nitrogens with two attached hydrogens (primary N) is 1. The van der Waals surface area contributed by atoms with Crippen LogP contribution in [0.1, 0.15) is 11.7 Å². The third-order valence-corrected chi connectivity index (χ3v) is 4.22. The van der Waals surface area contributed by atoms with E-state index in [0.717, 1.165) is 0 Å². The molecule has 0 radical (unpaired) electrons. The van der Waals surface area contributed by atoms with Crippen molar-refractivity contribution in [1.29, 1.82) is 0 Å². The Balaban J connectivity index is 2.33. The lowest BCUT2D eigenvalue weighted by molar-refractivity contribution is -0.145. The van der Waals surface area contributed by atoms with Crippen molar-refractivity contribution in [3.63, 3.8) is 0 Å². The summed E-state index contributed by atoms with van der Waals surface area (Å²) in [6.45, 7) is 0. The topological polar surface area (TPSA) is 110 Å². The number of anilines is 1. The van der Waals surface area contributed by atoms with Crippen LogP contribution in [0.3, 0.4) is 0 Å². The first kappa shape index (κ1) is 15.3. The molecule has 4 N–H and O–H groups in total. The Kier molecular flexibility index (Phi) is 4.43. The average molecular weight is 307 g/mol. The summed E-state index contributed by atoms with van der Waals surface area (Å²) in [7, 11) is -4.26. The predicted octanol–water partition coefficient (Wildman–Crippen LogP) is 1.92. The maximum Gasteiger partial charge on any atom is 0.359 e. The second-order valence-electron chi connectivity index (χ2n) is 4.35. The van der Waals surface area contributed by atoms with Crippen LogP contribution < -0.4 is 11.0 Å². The minimum atomic E-state index is -4.26. The van der Waals surface area contributed by atoms with Gasteiger partial charge in [-0.3, -0.25) is 9.09 Å². The van der Waals surface area contributed by atoms with Gasteiger partial charge < -0.3 is 15.7 Å². The number of nitrogen functional groups attached to an aromatic ring is 1. The van der Waals surface area contributed by atoms with E-state index in [1.54, 1.807) is 30.3 Å². The average Bonchev–Trinajstić information content (AvgIpc) is 2.45. The van der Waals surface area contributed by atoms with Gasteiger partial charge in [0.1, 0.15) is 0 Å². The van der Waals surface area contributed by atoms with E-state index < -0.39 is 19.7 Å². The molecule has 0 spiro atoms. The van der Waals surface area contributed by atoms with Crippen LogP contribution in [0.4, 0.5) is 5.69 Å². The molecule has 21 heavy (non-hydrogen) atoms. The molecule has 2 aromatic rings. The molecular formula is C14H14NO5P. The zero-order chi connectivity index (χ0) is 15.5. The highest BCUT2D eigenvalue weighted by Crippen LogP contribution is 2.45. The van der Waals surface area contributed by atoms with Crippen molar-refractivity contribution in [3.8, 4) is 0 Å². The fraction of sp³-hybridized carbons (Fsp3) is 0.0714. The van der Waals surface area contributed by atoms with E-state index in [2.05, 4.69) is 0 Å². The van der Waals surface area contributed by atoms with Crippen molar-refractivity contribution < 1.29 is 23.9 Å². The lowest BCUT2D eigenvalue weighted by Gasteiger charge is -2.18. The zero-order valence-corrected chi connectivity index (χ0v) is 11.8. The van der Waals surface area contributed by atoms with E-state index in [9.17, 15) is 19.4 Å². The summed E-state index contributed by atoms with van der Waals surface area (Å²) in [5.41, 5.74) is 6.14. The Morgan fingerprint density at radius 2 is 1.81 bits per heavy atom. The van der Waals surface area contributed by atoms with E-state index in [0.29, 0.717) is 5.69 Å². The molecule has 0 aliphatic carbocycles. The fourth-order valence-electron chi connectivity index (χ4n) is 1.79. The number of benzene rings is 2. The predicted molar refractivity (Wildman–Crippen MR) is 78.2 cm³/mol. The van der Waals surface area contributed by atoms with Crippen molar-refractivity contribution >= 4 is 24.6 Å². The highest BCUT2D eigenvalue weighted by molar-refractivity contribution is 7.61. The molecule has 0 fully saturated rings. The molecule has 0 aromatic heterocycles. The van der Waals surface area contributed by atoms with Gasteiger partial charge in [-0.15, -0.1) is 0 Å². The summed E-state index contributed by atoms with van der Waals surface area (Å²) in [6.07, 6.45) is -1.58. The van der Waals surface area contributed by atoms with Crippen molar-refractivity contribution in [2.75, 3.05) is 5.73 Å². The van der Waals surface area contributed by atoms with Crippen molar-refractivity contribution in [1.82, 2.24) is 0 Å². The van der Waals surface area contributed by atoms with Gasteiger partial charge in [0.2, 0.25) is 0 Å². The molecule has 6 nitrogen and oxygen atoms in total. The molecule has 0 saturated carbocycles. The molecule has 110 valence electrons. The van der Waals surface area contributed by atoms with E-state index in [1.165, 1.54) is 24.3 Å². The Labute approximate surface area is 121 Å². The number of carboxylic acid groups (broad SMARTS) is 1. The first-order valence-corrected chi connectivity index (χ1v) is 7.63. The van der Waals surface area contributed by atoms with Crippen LogP contribution in [0, 0.1) is 0 Å². The van der Waals surface area contributed by atoms with Crippen LogP contribution in [-0.2, 0) is 13.9 Å². The molecular weight excluding hydrogens is 293 g/mol. The molecule has 2 unspecified atom stereocenters. The van der Waals surface area contributed by atoms with Gasteiger partial charge in [-0.05, 0) is 29.8 Å². The fourth-order valence-corrected chi connectivity index (χ4v) is 2.96. The first-order valence-electron chi connectivity index (χ1n) is 6.05. The number of aliphatic carboxylic acids is 1. The summed E-state index contributed by atoms with van der Waals surface area (Å²) in [5, 5.41) is 9.26. The molecule has 0 aliphatic rings. The van der Waals surface area contributed by atoms with Crippen molar-refractivity contribution in [2.45, 2.75) is 6.10 Å². The highest BCUT2D eigenvalue weighted by atomic mass is 31.2. The molecule has 7 heteroatoms. The van der Waals surface area contributed by atoms with Crippen LogP contribution in [0.5, 0.6) is 0 Å². The molecule has 0 amide bonds. The van der Waals surface area contributed by atoms with E-state index in [-0.39, 0.29) is 10.9 Å². The Bertz CT molecular complexity index is 689. The largest absolute Gasteiger partial charge is 0.479 e. The standard InChI is InChI=1S/C14H14NO5P/c15-11-6-4-5-10(9-11)13(14(16)17)20-21(18,19)12-7-2-1-3-8-12/h1-9,13H,15H2,(H,16,17)(H,18,19).